The largest absolute Gasteiger partial charge is 0.490 e. The lowest BCUT2D eigenvalue weighted by Crippen LogP contribution is -2.46. The van der Waals surface area contributed by atoms with Crippen LogP contribution in [0.15, 0.2) is 84.4 Å². The second kappa shape index (κ2) is 12.8. The number of hydrogen-bond acceptors (Lipinski definition) is 7. The molecule has 5 rings (SSSR count). The quantitative estimate of drug-likeness (QED) is 0.205. The first-order chi connectivity index (χ1) is 19.8. The van der Waals surface area contributed by atoms with E-state index >= 15 is 0 Å². The highest BCUT2D eigenvalue weighted by molar-refractivity contribution is 6.35. The summed E-state index contributed by atoms with van der Waals surface area (Å²) in [5.41, 5.74) is 2.50. The third-order valence-corrected chi connectivity index (χ3v) is 7.74. The fourth-order valence-electron chi connectivity index (χ4n) is 4.98. The average molecular weight is 595 g/mol. The van der Waals surface area contributed by atoms with E-state index in [-0.39, 0.29) is 13.2 Å². The zero-order valence-corrected chi connectivity index (χ0v) is 24.6. The number of aliphatic hydroxyl groups is 1. The van der Waals surface area contributed by atoms with Crippen molar-refractivity contribution < 1.29 is 9.84 Å². The molecule has 214 valence electrons. The normalized spacial score (nSPS) is 15.2. The molecular weight excluding hydrogens is 561 g/mol. The zero-order chi connectivity index (χ0) is 28.8. The van der Waals surface area contributed by atoms with Crippen LogP contribution in [0.2, 0.25) is 10.0 Å². The fraction of sp³-hybridized carbons (Fsp3) is 0.300. The predicted octanol–water partition coefficient (Wildman–Crippen LogP) is 4.97. The number of nitrogens with zero attached hydrogens (tertiary/aromatic N) is 7. The van der Waals surface area contributed by atoms with Crippen molar-refractivity contribution in [3.05, 3.63) is 95.0 Å². The second-order valence-electron chi connectivity index (χ2n) is 10.0. The van der Waals surface area contributed by atoms with E-state index in [4.69, 9.17) is 27.9 Å². The molecule has 0 aliphatic carbocycles. The maximum absolute atomic E-state index is 11.7. The Kier molecular flexibility index (Phi) is 8.97. The first kappa shape index (κ1) is 28.7. The van der Waals surface area contributed by atoms with Crippen LogP contribution < -0.4 is 19.4 Å². The van der Waals surface area contributed by atoms with Gasteiger partial charge in [0.1, 0.15) is 30.6 Å². The molecule has 4 aromatic rings. The lowest BCUT2D eigenvalue weighted by molar-refractivity contribution is -0.0269. The topological polar surface area (TPSA) is 82.2 Å². The minimum absolute atomic E-state index is 0.0357. The van der Waals surface area contributed by atoms with Crippen molar-refractivity contribution in [1.29, 1.82) is 0 Å². The van der Waals surface area contributed by atoms with E-state index < -0.39 is 5.60 Å². The van der Waals surface area contributed by atoms with Gasteiger partial charge in [-0.25, -0.2) is 9.67 Å². The molecule has 1 fully saturated rings. The van der Waals surface area contributed by atoms with Crippen molar-refractivity contribution in [2.45, 2.75) is 12.1 Å². The van der Waals surface area contributed by atoms with E-state index in [2.05, 4.69) is 61.3 Å². The summed E-state index contributed by atoms with van der Waals surface area (Å²) in [5, 5.41) is 16.7. The fourth-order valence-corrected chi connectivity index (χ4v) is 5.56. The van der Waals surface area contributed by atoms with Gasteiger partial charge in [-0.3, -0.25) is 4.99 Å². The molecule has 0 amide bonds. The molecule has 3 aromatic carbocycles. The zero-order valence-electron chi connectivity index (χ0n) is 23.1. The van der Waals surface area contributed by atoms with Crippen LogP contribution in [0.25, 0.3) is 0 Å². The number of aromatic nitrogens is 3. The number of aliphatic imine (C=N–C) groups is 1. The van der Waals surface area contributed by atoms with Gasteiger partial charge in [-0.05, 0) is 60.7 Å². The Balaban J connectivity index is 1.20. The summed E-state index contributed by atoms with van der Waals surface area (Å²) in [6, 6.07) is 21.5. The SMILES string of the molecule is CN=CN(C)c1ccc(N2CCN(c3ccc(OCC(O)(Cn4cncn4)c4ccc(Cl)cc4Cl)cc3)CC2)cc1. The molecule has 0 spiro atoms. The summed E-state index contributed by atoms with van der Waals surface area (Å²) in [5.74, 6) is 0.646. The highest BCUT2D eigenvalue weighted by Crippen LogP contribution is 2.33. The van der Waals surface area contributed by atoms with Crippen LogP contribution in [0.4, 0.5) is 17.1 Å². The number of rotatable bonds is 10. The molecule has 1 aromatic heterocycles. The van der Waals surface area contributed by atoms with Gasteiger partial charge in [-0.1, -0.05) is 29.3 Å². The Morgan fingerprint density at radius 3 is 2.17 bits per heavy atom. The maximum Gasteiger partial charge on any atom is 0.144 e. The van der Waals surface area contributed by atoms with Crippen LogP contribution in [0, 0.1) is 0 Å². The van der Waals surface area contributed by atoms with E-state index in [9.17, 15) is 5.11 Å². The van der Waals surface area contributed by atoms with Gasteiger partial charge in [-0.15, -0.1) is 0 Å². The molecule has 1 saturated heterocycles. The molecule has 0 radical (unpaired) electrons. The van der Waals surface area contributed by atoms with Gasteiger partial charge in [0, 0.05) is 72.9 Å². The molecule has 1 N–H and O–H groups in total. The minimum atomic E-state index is -1.46. The Bertz CT molecular complexity index is 1440. The van der Waals surface area contributed by atoms with E-state index in [1.165, 1.54) is 12.0 Å². The smallest absolute Gasteiger partial charge is 0.144 e. The Labute approximate surface area is 250 Å². The lowest BCUT2D eigenvalue weighted by atomic mass is 9.94. The van der Waals surface area contributed by atoms with Gasteiger partial charge in [0.2, 0.25) is 0 Å². The van der Waals surface area contributed by atoms with Gasteiger partial charge >= 0.3 is 0 Å². The summed E-state index contributed by atoms with van der Waals surface area (Å²) in [7, 11) is 3.76. The number of benzene rings is 3. The Morgan fingerprint density at radius 2 is 1.61 bits per heavy atom. The molecule has 11 heteroatoms. The number of halogens is 2. The van der Waals surface area contributed by atoms with Gasteiger partial charge in [0.25, 0.3) is 0 Å². The van der Waals surface area contributed by atoms with Crippen molar-refractivity contribution in [1.82, 2.24) is 14.8 Å². The van der Waals surface area contributed by atoms with E-state index in [0.29, 0.717) is 21.4 Å². The van der Waals surface area contributed by atoms with Crippen molar-refractivity contribution in [2.24, 2.45) is 4.99 Å². The molecule has 2 heterocycles. The maximum atomic E-state index is 11.7. The molecule has 0 bridgehead atoms. The average Bonchev–Trinajstić information content (AvgIpc) is 3.49. The monoisotopic (exact) mass is 593 g/mol. The van der Waals surface area contributed by atoms with E-state index in [0.717, 1.165) is 37.6 Å². The van der Waals surface area contributed by atoms with Crippen LogP contribution in [0.5, 0.6) is 5.75 Å². The number of piperazine rings is 1. The first-order valence-electron chi connectivity index (χ1n) is 13.3. The summed E-state index contributed by atoms with van der Waals surface area (Å²) < 4.78 is 7.62. The molecule has 1 aliphatic rings. The van der Waals surface area contributed by atoms with Crippen LogP contribution in [-0.2, 0) is 12.1 Å². The molecule has 9 nitrogen and oxygen atoms in total. The number of hydrogen-bond donors (Lipinski definition) is 1. The molecule has 1 atom stereocenters. The minimum Gasteiger partial charge on any atom is -0.490 e. The first-order valence-corrected chi connectivity index (χ1v) is 14.1. The highest BCUT2D eigenvalue weighted by atomic mass is 35.5. The lowest BCUT2D eigenvalue weighted by Gasteiger charge is -2.37. The van der Waals surface area contributed by atoms with Gasteiger partial charge < -0.3 is 24.5 Å². The Hall–Kier alpha value is -3.79. The molecule has 1 aliphatic heterocycles. The molecule has 41 heavy (non-hydrogen) atoms. The molecule has 0 saturated carbocycles. The van der Waals surface area contributed by atoms with E-state index in [1.54, 1.807) is 42.6 Å². The van der Waals surface area contributed by atoms with Gasteiger partial charge in [0.05, 0.1) is 12.9 Å². The van der Waals surface area contributed by atoms with E-state index in [1.807, 2.05) is 24.1 Å². The van der Waals surface area contributed by atoms with Crippen molar-refractivity contribution >= 4 is 46.6 Å². The van der Waals surface area contributed by atoms with Gasteiger partial charge in [0.15, 0.2) is 0 Å². The summed E-state index contributed by atoms with van der Waals surface area (Å²) in [4.78, 5) is 14.8. The van der Waals surface area contributed by atoms with Crippen LogP contribution in [0.1, 0.15) is 5.56 Å². The summed E-state index contributed by atoms with van der Waals surface area (Å²) in [6.07, 6.45) is 4.76. The third-order valence-electron chi connectivity index (χ3n) is 7.19. The van der Waals surface area contributed by atoms with Crippen molar-refractivity contribution in [2.75, 3.05) is 61.6 Å². The van der Waals surface area contributed by atoms with Crippen LogP contribution in [0.3, 0.4) is 0 Å². The standard InChI is InChI=1S/C30H33Cl2N7O2/c1-33-21-36(2)24-4-6-25(7-5-24)37-13-15-38(16-14-37)26-8-10-27(11-9-26)41-19-30(40,18-39-22-34-20-35-39)28-12-3-23(31)17-29(28)32/h3-12,17,20-22,40H,13-16,18-19H2,1-2H3. The van der Waals surface area contributed by atoms with Crippen LogP contribution >= 0.6 is 23.2 Å². The summed E-state index contributed by atoms with van der Waals surface area (Å²) >= 11 is 12.6. The number of anilines is 3. The molecular formula is C30H33Cl2N7O2. The summed E-state index contributed by atoms with van der Waals surface area (Å²) in [6.45, 7) is 3.77. The van der Waals surface area contributed by atoms with Crippen molar-refractivity contribution in [3.8, 4) is 5.75 Å². The van der Waals surface area contributed by atoms with Gasteiger partial charge in [-0.2, -0.15) is 5.10 Å². The highest BCUT2D eigenvalue weighted by Gasteiger charge is 2.34. The van der Waals surface area contributed by atoms with Crippen molar-refractivity contribution in [3.63, 3.8) is 0 Å². The third kappa shape index (κ3) is 6.93. The predicted molar refractivity (Wildman–Crippen MR) is 166 cm³/mol. The van der Waals surface area contributed by atoms with Crippen LogP contribution in [-0.4, -0.2) is 73.1 Å². The number of ether oxygens (including phenoxy) is 1. The second-order valence-corrected chi connectivity index (χ2v) is 10.9. The Morgan fingerprint density at radius 1 is 0.976 bits per heavy atom. The molecule has 1 unspecified atom stereocenters.